The number of sulfonamides is 1. The van der Waals surface area contributed by atoms with Crippen LogP contribution in [0.3, 0.4) is 0 Å². The Labute approximate surface area is 200 Å². The monoisotopic (exact) mass is 474 g/mol. The number of carbonyl (C=O) groups excluding carboxylic acids is 1. The van der Waals surface area contributed by atoms with Gasteiger partial charge in [0.05, 0.1) is 17.1 Å². The van der Waals surface area contributed by atoms with Crippen LogP contribution in [0.4, 0.5) is 0 Å². The first-order chi connectivity index (χ1) is 15.3. The molecule has 0 aliphatic heterocycles. The number of hydrogen-bond acceptors (Lipinski definition) is 5. The SMILES string of the molecule is Cc1cc(C)c(Cn2nc(C(C)(C)C)cc2C(=O)NS(=O)(=O)c2ccc(CN)cc2)c(C)c1.[HH].[HH].[HH]. The van der Waals surface area contributed by atoms with E-state index in [9.17, 15) is 13.2 Å². The number of nitrogens with two attached hydrogens (primary N) is 1. The third kappa shape index (κ3) is 5.51. The van der Waals surface area contributed by atoms with Crippen LogP contribution in [0.1, 0.15) is 69.1 Å². The third-order valence-electron chi connectivity index (χ3n) is 5.63. The summed E-state index contributed by atoms with van der Waals surface area (Å²) in [4.78, 5) is 13.2. The molecule has 0 bridgehead atoms. The van der Waals surface area contributed by atoms with Gasteiger partial charge in [-0.05, 0) is 61.2 Å². The van der Waals surface area contributed by atoms with E-state index in [-0.39, 0.29) is 20.3 Å². The highest BCUT2D eigenvalue weighted by Gasteiger charge is 2.26. The Morgan fingerprint density at radius 1 is 1.06 bits per heavy atom. The van der Waals surface area contributed by atoms with Gasteiger partial charge in [-0.3, -0.25) is 9.48 Å². The molecule has 0 aliphatic carbocycles. The highest BCUT2D eigenvalue weighted by molar-refractivity contribution is 7.90. The number of carbonyl (C=O) groups is 1. The maximum Gasteiger partial charge on any atom is 0.283 e. The van der Waals surface area contributed by atoms with E-state index in [1.165, 1.54) is 12.1 Å². The van der Waals surface area contributed by atoms with Gasteiger partial charge in [-0.15, -0.1) is 0 Å². The number of nitrogens with one attached hydrogen (secondary N) is 1. The molecule has 8 heteroatoms. The Morgan fingerprint density at radius 3 is 2.15 bits per heavy atom. The van der Waals surface area contributed by atoms with Crippen molar-refractivity contribution in [2.24, 2.45) is 5.73 Å². The minimum absolute atomic E-state index is 0. The molecule has 0 saturated heterocycles. The molecule has 0 spiro atoms. The van der Waals surface area contributed by atoms with E-state index in [0.29, 0.717) is 18.8 Å². The van der Waals surface area contributed by atoms with Crippen molar-refractivity contribution in [2.75, 3.05) is 0 Å². The second-order valence-corrected chi connectivity index (χ2v) is 11.2. The van der Waals surface area contributed by atoms with Crippen molar-refractivity contribution in [3.05, 3.63) is 81.7 Å². The molecule has 182 valence electrons. The highest BCUT2D eigenvalue weighted by Crippen LogP contribution is 2.24. The number of aryl methyl sites for hydroxylation is 3. The smallest absolute Gasteiger partial charge is 0.283 e. The fraction of sp³-hybridized carbons (Fsp3) is 0.360. The quantitative estimate of drug-likeness (QED) is 0.548. The van der Waals surface area contributed by atoms with Gasteiger partial charge in [-0.1, -0.05) is 50.6 Å². The Bertz CT molecular complexity index is 1280. The largest absolute Gasteiger partial charge is 0.326 e. The predicted octanol–water partition coefficient (Wildman–Crippen LogP) is 4.47. The molecule has 0 aliphatic rings. The van der Waals surface area contributed by atoms with Crippen LogP contribution in [0, 0.1) is 20.8 Å². The Balaban J connectivity index is 0.00000408. The van der Waals surface area contributed by atoms with Crippen molar-refractivity contribution in [3.63, 3.8) is 0 Å². The number of hydrogen-bond donors (Lipinski definition) is 2. The van der Waals surface area contributed by atoms with Crippen LogP contribution < -0.4 is 10.5 Å². The van der Waals surface area contributed by atoms with Crippen LogP contribution in [-0.4, -0.2) is 24.1 Å². The molecular formula is C25H38N4O3S. The topological polar surface area (TPSA) is 107 Å². The Kier molecular flexibility index (Phi) is 6.81. The molecule has 3 rings (SSSR count). The molecule has 0 radical (unpaired) electrons. The minimum Gasteiger partial charge on any atom is -0.326 e. The number of nitrogens with zero attached hydrogens (tertiary/aromatic N) is 2. The average Bonchev–Trinajstić information content (AvgIpc) is 3.15. The summed E-state index contributed by atoms with van der Waals surface area (Å²) < 4.78 is 29.5. The van der Waals surface area contributed by atoms with Crippen molar-refractivity contribution >= 4 is 15.9 Å². The minimum atomic E-state index is -4.05. The fourth-order valence-electron chi connectivity index (χ4n) is 3.73. The molecule has 3 N–H and O–H groups in total. The standard InChI is InChI=1S/C25H32N4O3S.3H2/c1-16-11-17(2)21(18(3)12-16)15-29-22(13-23(27-29)25(4,5)6)24(30)28-33(31,32)20-9-7-19(14-26)8-10-20;;;/h7-13H,14-15,26H2,1-6H3,(H,28,30);3*1H. The molecule has 0 fully saturated rings. The molecule has 0 atom stereocenters. The summed E-state index contributed by atoms with van der Waals surface area (Å²) in [7, 11) is -4.05. The van der Waals surface area contributed by atoms with E-state index in [1.807, 2.05) is 41.5 Å². The van der Waals surface area contributed by atoms with E-state index in [1.54, 1.807) is 22.9 Å². The van der Waals surface area contributed by atoms with Gasteiger partial charge in [0.15, 0.2) is 0 Å². The lowest BCUT2D eigenvalue weighted by atomic mass is 9.92. The summed E-state index contributed by atoms with van der Waals surface area (Å²) in [6.45, 7) is 12.8. The third-order valence-corrected chi connectivity index (χ3v) is 6.97. The number of amides is 1. The highest BCUT2D eigenvalue weighted by atomic mass is 32.2. The molecule has 3 aromatic rings. The lowest BCUT2D eigenvalue weighted by Crippen LogP contribution is -2.32. The molecule has 1 aromatic heterocycles. The first-order valence-electron chi connectivity index (χ1n) is 10.8. The summed E-state index contributed by atoms with van der Waals surface area (Å²) >= 11 is 0. The maximum absolute atomic E-state index is 13.2. The summed E-state index contributed by atoms with van der Waals surface area (Å²) in [5.41, 5.74) is 11.4. The van der Waals surface area contributed by atoms with Gasteiger partial charge >= 0.3 is 0 Å². The zero-order chi connectivity index (χ0) is 24.6. The van der Waals surface area contributed by atoms with Gasteiger partial charge in [0.25, 0.3) is 15.9 Å². The number of rotatable bonds is 6. The molecule has 1 heterocycles. The van der Waals surface area contributed by atoms with Crippen molar-refractivity contribution < 1.29 is 17.5 Å². The maximum atomic E-state index is 13.2. The van der Waals surface area contributed by atoms with E-state index in [4.69, 9.17) is 5.73 Å². The number of benzene rings is 2. The van der Waals surface area contributed by atoms with Gasteiger partial charge in [0, 0.05) is 16.2 Å². The fourth-order valence-corrected chi connectivity index (χ4v) is 4.69. The van der Waals surface area contributed by atoms with E-state index >= 15 is 0 Å². The molecule has 0 saturated carbocycles. The van der Waals surface area contributed by atoms with Gasteiger partial charge in [-0.2, -0.15) is 5.10 Å². The van der Waals surface area contributed by atoms with E-state index in [0.717, 1.165) is 27.8 Å². The predicted molar refractivity (Wildman–Crippen MR) is 136 cm³/mol. The zero-order valence-corrected chi connectivity index (χ0v) is 20.9. The molecule has 33 heavy (non-hydrogen) atoms. The van der Waals surface area contributed by atoms with Crippen molar-refractivity contribution in [1.82, 2.24) is 14.5 Å². The second kappa shape index (κ2) is 9.11. The lowest BCUT2D eigenvalue weighted by molar-refractivity contribution is 0.0971. The molecule has 1 amide bonds. The van der Waals surface area contributed by atoms with Crippen LogP contribution in [0.2, 0.25) is 0 Å². The first-order valence-corrected chi connectivity index (χ1v) is 12.3. The van der Waals surface area contributed by atoms with Gasteiger partial charge in [0.2, 0.25) is 0 Å². The molecular weight excluding hydrogens is 436 g/mol. The van der Waals surface area contributed by atoms with Crippen LogP contribution in [-0.2, 0) is 28.5 Å². The van der Waals surface area contributed by atoms with Gasteiger partial charge in [0.1, 0.15) is 5.69 Å². The van der Waals surface area contributed by atoms with Crippen LogP contribution in [0.25, 0.3) is 0 Å². The molecule has 0 unspecified atom stereocenters. The van der Waals surface area contributed by atoms with Crippen molar-refractivity contribution in [1.29, 1.82) is 0 Å². The van der Waals surface area contributed by atoms with Crippen LogP contribution in [0.15, 0.2) is 47.4 Å². The van der Waals surface area contributed by atoms with Gasteiger partial charge in [-0.25, -0.2) is 13.1 Å². The molecule has 7 nitrogen and oxygen atoms in total. The molecule has 2 aromatic carbocycles. The summed E-state index contributed by atoms with van der Waals surface area (Å²) in [5.74, 6) is -0.719. The van der Waals surface area contributed by atoms with Crippen LogP contribution >= 0.6 is 0 Å². The van der Waals surface area contributed by atoms with Gasteiger partial charge < -0.3 is 5.73 Å². The van der Waals surface area contributed by atoms with Crippen molar-refractivity contribution in [3.8, 4) is 0 Å². The lowest BCUT2D eigenvalue weighted by Gasteiger charge is -2.15. The number of aromatic nitrogens is 2. The van der Waals surface area contributed by atoms with Crippen LogP contribution in [0.5, 0.6) is 0 Å². The Hall–Kier alpha value is -2.97. The second-order valence-electron chi connectivity index (χ2n) is 9.48. The summed E-state index contributed by atoms with van der Waals surface area (Å²) in [5, 5.41) is 4.68. The van der Waals surface area contributed by atoms with E-state index in [2.05, 4.69) is 22.0 Å². The first kappa shape index (κ1) is 24.7. The van der Waals surface area contributed by atoms with Crippen molar-refractivity contribution in [2.45, 2.75) is 64.9 Å². The zero-order valence-electron chi connectivity index (χ0n) is 20.1. The summed E-state index contributed by atoms with van der Waals surface area (Å²) in [6, 6.07) is 12.0. The average molecular weight is 475 g/mol. The normalized spacial score (nSPS) is 12.1. The Morgan fingerprint density at radius 2 is 1.64 bits per heavy atom. The summed E-state index contributed by atoms with van der Waals surface area (Å²) in [6.07, 6.45) is 0. The van der Waals surface area contributed by atoms with E-state index < -0.39 is 15.9 Å².